The van der Waals surface area contributed by atoms with Crippen molar-refractivity contribution < 1.29 is 0 Å². The van der Waals surface area contributed by atoms with Crippen LogP contribution in [0.4, 0.5) is 0 Å². The maximum absolute atomic E-state index is 5.93. The summed E-state index contributed by atoms with van der Waals surface area (Å²) in [5.74, 6) is 0.743. The lowest BCUT2D eigenvalue weighted by atomic mass is 10.0. The van der Waals surface area contributed by atoms with Crippen LogP contribution in [0.15, 0.2) is 0 Å². The average molecular weight is 268 g/mol. The van der Waals surface area contributed by atoms with Crippen molar-refractivity contribution in [2.45, 2.75) is 32.2 Å². The van der Waals surface area contributed by atoms with Crippen LogP contribution in [0.5, 0.6) is 0 Å². The molecule has 2 rings (SSSR count). The van der Waals surface area contributed by atoms with Gasteiger partial charge >= 0.3 is 0 Å². The molecule has 2 fully saturated rings. The number of hydrogen-bond acceptors (Lipinski definition) is 4. The Morgan fingerprint density at radius 2 is 1.89 bits per heavy atom. The molecule has 1 saturated carbocycles. The number of likely N-dealkylation sites (N-methyl/N-ethyl adjacent to an activating group) is 2. The highest BCUT2D eigenvalue weighted by molar-refractivity contribution is 4.86. The molecule has 0 aromatic heterocycles. The van der Waals surface area contributed by atoms with Crippen LogP contribution in [-0.4, -0.2) is 80.1 Å². The lowest BCUT2D eigenvalue weighted by Crippen LogP contribution is -2.49. The van der Waals surface area contributed by atoms with E-state index in [0.29, 0.717) is 0 Å². The predicted octanol–water partition coefficient (Wildman–Crippen LogP) is 0.683. The van der Waals surface area contributed by atoms with Crippen molar-refractivity contribution in [1.82, 2.24) is 14.7 Å². The lowest BCUT2D eigenvalue weighted by Gasteiger charge is -2.36. The van der Waals surface area contributed by atoms with Gasteiger partial charge < -0.3 is 10.6 Å². The molecule has 0 amide bonds. The number of piperazine rings is 1. The monoisotopic (exact) mass is 268 g/mol. The van der Waals surface area contributed by atoms with Gasteiger partial charge in [0, 0.05) is 45.3 Å². The molecular weight excluding hydrogens is 236 g/mol. The molecule has 2 aliphatic rings. The highest BCUT2D eigenvalue weighted by atomic mass is 15.3. The Morgan fingerprint density at radius 1 is 1.16 bits per heavy atom. The van der Waals surface area contributed by atoms with Crippen LogP contribution < -0.4 is 5.73 Å². The smallest absolute Gasteiger partial charge is 0.0136 e. The summed E-state index contributed by atoms with van der Waals surface area (Å²) >= 11 is 0. The summed E-state index contributed by atoms with van der Waals surface area (Å²) < 4.78 is 0. The summed E-state index contributed by atoms with van der Waals surface area (Å²) in [6, 6.07) is 0.752. The van der Waals surface area contributed by atoms with Crippen LogP contribution in [0, 0.1) is 5.92 Å². The van der Waals surface area contributed by atoms with Crippen LogP contribution >= 0.6 is 0 Å². The summed E-state index contributed by atoms with van der Waals surface area (Å²) in [5, 5.41) is 0. The summed E-state index contributed by atoms with van der Waals surface area (Å²) in [6.07, 6.45) is 4.07. The summed E-state index contributed by atoms with van der Waals surface area (Å²) in [4.78, 5) is 7.73. The van der Waals surface area contributed by atoms with Gasteiger partial charge in [-0.25, -0.2) is 0 Å². The third kappa shape index (κ3) is 4.15. The molecule has 2 N–H and O–H groups in total. The van der Waals surface area contributed by atoms with E-state index in [1.807, 2.05) is 0 Å². The molecule has 4 nitrogen and oxygen atoms in total. The third-order valence-corrected chi connectivity index (χ3v) is 5.10. The molecule has 0 bridgehead atoms. The Labute approximate surface area is 118 Å². The van der Waals surface area contributed by atoms with Crippen LogP contribution in [0.2, 0.25) is 0 Å². The molecule has 1 aliphatic carbocycles. The van der Waals surface area contributed by atoms with E-state index in [4.69, 9.17) is 5.73 Å². The van der Waals surface area contributed by atoms with Gasteiger partial charge in [-0.15, -0.1) is 0 Å². The van der Waals surface area contributed by atoms with Gasteiger partial charge in [-0.3, -0.25) is 9.80 Å². The zero-order valence-corrected chi connectivity index (χ0v) is 12.9. The Hall–Kier alpha value is -0.160. The van der Waals surface area contributed by atoms with Crippen molar-refractivity contribution in [3.8, 4) is 0 Å². The molecule has 2 unspecified atom stereocenters. The minimum Gasteiger partial charge on any atom is -0.330 e. The second-order valence-electron chi connectivity index (χ2n) is 6.27. The molecule has 1 saturated heterocycles. The van der Waals surface area contributed by atoms with E-state index in [2.05, 4.69) is 28.7 Å². The minimum atomic E-state index is 0.743. The van der Waals surface area contributed by atoms with E-state index in [1.54, 1.807) is 0 Å². The van der Waals surface area contributed by atoms with Crippen molar-refractivity contribution in [1.29, 1.82) is 0 Å². The van der Waals surface area contributed by atoms with Gasteiger partial charge in [-0.05, 0) is 38.9 Å². The van der Waals surface area contributed by atoms with Crippen LogP contribution in [-0.2, 0) is 0 Å². The fourth-order valence-corrected chi connectivity index (χ4v) is 3.67. The van der Waals surface area contributed by atoms with Gasteiger partial charge in [0.05, 0.1) is 0 Å². The summed E-state index contributed by atoms with van der Waals surface area (Å²) in [7, 11) is 2.22. The highest BCUT2D eigenvalue weighted by Crippen LogP contribution is 2.29. The third-order valence-electron chi connectivity index (χ3n) is 5.10. The number of nitrogens with zero attached hydrogens (tertiary/aromatic N) is 3. The van der Waals surface area contributed by atoms with E-state index in [1.165, 1.54) is 65.1 Å². The molecule has 4 heteroatoms. The summed E-state index contributed by atoms with van der Waals surface area (Å²) in [5.41, 5.74) is 5.93. The Balaban J connectivity index is 1.76. The lowest BCUT2D eigenvalue weighted by molar-refractivity contribution is 0.112. The molecule has 0 radical (unpaired) electrons. The second-order valence-corrected chi connectivity index (χ2v) is 6.27. The number of nitrogens with two attached hydrogens (primary N) is 1. The average Bonchev–Trinajstić information content (AvgIpc) is 2.90. The topological polar surface area (TPSA) is 35.7 Å². The molecule has 2 atom stereocenters. The van der Waals surface area contributed by atoms with Crippen molar-refractivity contribution in [3.05, 3.63) is 0 Å². The quantitative estimate of drug-likeness (QED) is 0.769. The van der Waals surface area contributed by atoms with Crippen molar-refractivity contribution in [2.75, 3.05) is 59.4 Å². The van der Waals surface area contributed by atoms with E-state index < -0.39 is 0 Å². The van der Waals surface area contributed by atoms with E-state index in [9.17, 15) is 0 Å². The van der Waals surface area contributed by atoms with Crippen molar-refractivity contribution in [2.24, 2.45) is 11.7 Å². The maximum atomic E-state index is 5.93. The van der Waals surface area contributed by atoms with Gasteiger partial charge in [-0.2, -0.15) is 0 Å². The maximum Gasteiger partial charge on any atom is 0.0136 e. The molecule has 0 spiro atoms. The number of hydrogen-bond donors (Lipinski definition) is 1. The Bertz CT molecular complexity index is 251. The highest BCUT2D eigenvalue weighted by Gasteiger charge is 2.30. The normalized spacial score (nSPS) is 30.3. The molecule has 0 aromatic rings. The minimum absolute atomic E-state index is 0.743. The van der Waals surface area contributed by atoms with Gasteiger partial charge in [-0.1, -0.05) is 13.3 Å². The van der Waals surface area contributed by atoms with E-state index >= 15 is 0 Å². The zero-order chi connectivity index (χ0) is 13.7. The van der Waals surface area contributed by atoms with E-state index in [-0.39, 0.29) is 0 Å². The van der Waals surface area contributed by atoms with Gasteiger partial charge in [0.2, 0.25) is 0 Å². The number of rotatable bonds is 6. The molecule has 112 valence electrons. The fourth-order valence-electron chi connectivity index (χ4n) is 3.67. The summed E-state index contributed by atoms with van der Waals surface area (Å²) in [6.45, 7) is 11.7. The largest absolute Gasteiger partial charge is 0.330 e. The first-order valence-electron chi connectivity index (χ1n) is 8.09. The molecular formula is C15H32N4. The standard InChI is InChI=1S/C15H32N4/c1-3-19(15-6-4-5-14(15)13-16)12-11-18-9-7-17(2)8-10-18/h14-15H,3-13,16H2,1-2H3. The predicted molar refractivity (Wildman–Crippen MR) is 81.4 cm³/mol. The molecule has 1 aliphatic heterocycles. The first-order chi connectivity index (χ1) is 9.24. The molecule has 1 heterocycles. The van der Waals surface area contributed by atoms with Crippen molar-refractivity contribution in [3.63, 3.8) is 0 Å². The van der Waals surface area contributed by atoms with Crippen LogP contribution in [0.25, 0.3) is 0 Å². The molecule has 0 aromatic carbocycles. The fraction of sp³-hybridized carbons (Fsp3) is 1.00. The van der Waals surface area contributed by atoms with Crippen molar-refractivity contribution >= 4 is 0 Å². The second kappa shape index (κ2) is 7.58. The first kappa shape index (κ1) is 15.2. The van der Waals surface area contributed by atoms with Crippen LogP contribution in [0.3, 0.4) is 0 Å². The van der Waals surface area contributed by atoms with Gasteiger partial charge in [0.25, 0.3) is 0 Å². The Morgan fingerprint density at radius 3 is 2.53 bits per heavy atom. The first-order valence-corrected chi connectivity index (χ1v) is 8.09. The molecule has 19 heavy (non-hydrogen) atoms. The Kier molecular flexibility index (Phi) is 6.07. The van der Waals surface area contributed by atoms with Gasteiger partial charge in [0.15, 0.2) is 0 Å². The zero-order valence-electron chi connectivity index (χ0n) is 12.9. The van der Waals surface area contributed by atoms with Crippen LogP contribution in [0.1, 0.15) is 26.2 Å². The van der Waals surface area contributed by atoms with Gasteiger partial charge in [0.1, 0.15) is 0 Å². The van der Waals surface area contributed by atoms with E-state index in [0.717, 1.165) is 18.5 Å². The SMILES string of the molecule is CCN(CCN1CCN(C)CC1)C1CCCC1CN.